The molecule has 0 aliphatic rings. The lowest BCUT2D eigenvalue weighted by atomic mass is 10.1. The van der Waals surface area contributed by atoms with Gasteiger partial charge in [0.25, 0.3) is 11.4 Å². The van der Waals surface area contributed by atoms with Gasteiger partial charge in [0.2, 0.25) is 0 Å². The third-order valence-electron chi connectivity index (χ3n) is 5.63. The van der Waals surface area contributed by atoms with Crippen LogP contribution in [0, 0.1) is 12.7 Å². The van der Waals surface area contributed by atoms with Gasteiger partial charge >= 0.3 is 12.1 Å². The van der Waals surface area contributed by atoms with E-state index in [-0.39, 0.29) is 22.9 Å². The van der Waals surface area contributed by atoms with Crippen molar-refractivity contribution in [3.63, 3.8) is 0 Å². The predicted octanol–water partition coefficient (Wildman–Crippen LogP) is 6.40. The molecule has 188 valence electrons. The highest BCUT2D eigenvalue weighted by atomic mass is 32.1. The molecule has 0 bridgehead atoms. The number of thiophene rings is 1. The summed E-state index contributed by atoms with van der Waals surface area (Å²) in [6, 6.07) is 18.6. The van der Waals surface area contributed by atoms with Gasteiger partial charge in [-0.3, -0.25) is 9.36 Å². The molecule has 37 heavy (non-hydrogen) atoms. The first-order valence-corrected chi connectivity index (χ1v) is 11.9. The van der Waals surface area contributed by atoms with Crippen LogP contribution in [0.4, 0.5) is 17.6 Å². The summed E-state index contributed by atoms with van der Waals surface area (Å²) in [6.07, 6.45) is -4.23. The number of nitrogens with zero attached hydrogens (tertiary/aromatic N) is 4. The van der Waals surface area contributed by atoms with Crippen molar-refractivity contribution in [1.29, 1.82) is 0 Å². The Morgan fingerprint density at radius 3 is 2.43 bits per heavy atom. The molecule has 0 radical (unpaired) electrons. The zero-order valence-electron chi connectivity index (χ0n) is 19.3. The van der Waals surface area contributed by atoms with Crippen LogP contribution < -0.4 is 5.56 Å². The molecule has 0 amide bonds. The molecule has 3 aromatic heterocycles. The van der Waals surface area contributed by atoms with Crippen LogP contribution in [0.3, 0.4) is 0 Å². The minimum Gasteiger partial charge on any atom is -0.412 e. The Hall–Kier alpha value is -4.12. The van der Waals surface area contributed by atoms with E-state index in [1.807, 2.05) is 30.3 Å². The highest BCUT2D eigenvalue weighted by Gasteiger charge is 2.38. The van der Waals surface area contributed by atoms with Crippen molar-refractivity contribution in [1.82, 2.24) is 19.7 Å². The molecule has 5 rings (SSSR count). The van der Waals surface area contributed by atoms with Gasteiger partial charge in [-0.05, 0) is 43.2 Å². The molecule has 0 aliphatic carbocycles. The number of benzene rings is 2. The van der Waals surface area contributed by atoms with Crippen molar-refractivity contribution in [2.45, 2.75) is 26.1 Å². The molecule has 0 spiro atoms. The van der Waals surface area contributed by atoms with E-state index in [0.717, 1.165) is 16.9 Å². The Morgan fingerprint density at radius 2 is 1.73 bits per heavy atom. The fraction of sp³-hybridized carbons (Fsp3) is 0.154. The average molecular weight is 527 g/mol. The number of hydrogen-bond acceptors (Lipinski definition) is 6. The number of alkyl halides is 3. The number of aryl methyl sites for hydroxylation is 2. The summed E-state index contributed by atoms with van der Waals surface area (Å²) < 4.78 is 58.9. The van der Waals surface area contributed by atoms with Crippen molar-refractivity contribution in [2.75, 3.05) is 0 Å². The van der Waals surface area contributed by atoms with Crippen molar-refractivity contribution >= 4 is 11.3 Å². The highest BCUT2D eigenvalue weighted by molar-refractivity contribution is 7.18. The maximum absolute atomic E-state index is 14.0. The molecule has 0 saturated heterocycles. The van der Waals surface area contributed by atoms with Crippen LogP contribution in [0.1, 0.15) is 17.1 Å². The Morgan fingerprint density at radius 1 is 0.973 bits per heavy atom. The van der Waals surface area contributed by atoms with Crippen molar-refractivity contribution in [2.24, 2.45) is 0 Å². The summed E-state index contributed by atoms with van der Waals surface area (Å²) in [7, 11) is 0. The summed E-state index contributed by atoms with van der Waals surface area (Å²) in [5.74, 6) is -1.87. The van der Waals surface area contributed by atoms with Gasteiger partial charge in [0.15, 0.2) is 0 Å². The second-order valence-corrected chi connectivity index (χ2v) is 9.26. The monoisotopic (exact) mass is 526 g/mol. The van der Waals surface area contributed by atoms with Crippen LogP contribution in [-0.4, -0.2) is 19.7 Å². The van der Waals surface area contributed by atoms with Gasteiger partial charge in [0.05, 0.1) is 16.1 Å². The molecule has 0 saturated carbocycles. The summed E-state index contributed by atoms with van der Waals surface area (Å²) in [4.78, 5) is 19.2. The lowest BCUT2D eigenvalue weighted by Gasteiger charge is -2.16. The van der Waals surface area contributed by atoms with Gasteiger partial charge in [0.1, 0.15) is 11.6 Å². The van der Waals surface area contributed by atoms with Crippen LogP contribution in [0.2, 0.25) is 0 Å². The van der Waals surface area contributed by atoms with Crippen LogP contribution in [0.15, 0.2) is 75.9 Å². The molecule has 0 atom stereocenters. The number of rotatable bonds is 6. The van der Waals surface area contributed by atoms with Gasteiger partial charge in [0, 0.05) is 17.0 Å². The zero-order chi connectivity index (χ0) is 26.2. The van der Waals surface area contributed by atoms with Crippen molar-refractivity contribution < 1.29 is 22.0 Å². The fourth-order valence-electron chi connectivity index (χ4n) is 3.91. The van der Waals surface area contributed by atoms with E-state index in [1.165, 1.54) is 22.8 Å². The molecule has 11 heteroatoms. The standard InChI is InChI=1S/C26H18F4N4O2S/c1-15-21(19-10-11-20(37-19)23-32-33-25(36-23)26(28,29)30)24(35)34(13-12-16-6-3-2-4-7-16)22(31-15)17-8-5-9-18(27)14-17/h2-11,14H,12-13H2,1H3. The maximum Gasteiger partial charge on any atom is 0.470 e. The molecule has 0 aliphatic heterocycles. The number of halogens is 4. The fourth-order valence-corrected chi connectivity index (χ4v) is 4.93. The van der Waals surface area contributed by atoms with E-state index in [9.17, 15) is 22.4 Å². The van der Waals surface area contributed by atoms with E-state index in [1.54, 1.807) is 25.1 Å². The first-order valence-electron chi connectivity index (χ1n) is 11.1. The number of hydrogen-bond donors (Lipinski definition) is 0. The summed E-state index contributed by atoms with van der Waals surface area (Å²) in [5, 5.41) is 6.54. The van der Waals surface area contributed by atoms with Crippen molar-refractivity contribution in [3.8, 4) is 32.6 Å². The van der Waals surface area contributed by atoms with Gasteiger partial charge in [-0.1, -0.05) is 42.5 Å². The molecular formula is C26H18F4N4O2S. The molecule has 5 aromatic rings. The lowest BCUT2D eigenvalue weighted by molar-refractivity contribution is -0.156. The minimum atomic E-state index is -4.76. The zero-order valence-corrected chi connectivity index (χ0v) is 20.1. The molecule has 0 fully saturated rings. The second kappa shape index (κ2) is 9.74. The van der Waals surface area contributed by atoms with Gasteiger partial charge in [-0.15, -0.1) is 21.5 Å². The Bertz CT molecular complexity index is 1620. The SMILES string of the molecule is Cc1nc(-c2cccc(F)c2)n(CCc2ccccc2)c(=O)c1-c1ccc(-c2nnc(C(F)(F)F)o2)s1. The molecule has 0 unspecified atom stereocenters. The van der Waals surface area contributed by atoms with E-state index in [2.05, 4.69) is 15.2 Å². The molecular weight excluding hydrogens is 508 g/mol. The molecule has 0 N–H and O–H groups in total. The highest BCUT2D eigenvalue weighted by Crippen LogP contribution is 2.36. The largest absolute Gasteiger partial charge is 0.470 e. The Kier molecular flexibility index (Phi) is 6.46. The predicted molar refractivity (Wildman–Crippen MR) is 130 cm³/mol. The Labute approximate surface area is 211 Å². The van der Waals surface area contributed by atoms with Crippen LogP contribution >= 0.6 is 11.3 Å². The van der Waals surface area contributed by atoms with Gasteiger partial charge in [-0.2, -0.15) is 13.2 Å². The molecule has 6 nitrogen and oxygen atoms in total. The average Bonchev–Trinajstić information content (AvgIpc) is 3.54. The quantitative estimate of drug-likeness (QED) is 0.240. The van der Waals surface area contributed by atoms with Crippen molar-refractivity contribution in [3.05, 3.63) is 100 Å². The third-order valence-corrected chi connectivity index (χ3v) is 6.72. The second-order valence-electron chi connectivity index (χ2n) is 8.17. The minimum absolute atomic E-state index is 0.279. The summed E-state index contributed by atoms with van der Waals surface area (Å²) in [5.41, 5.74) is 1.81. The third kappa shape index (κ3) is 5.08. The molecule has 2 aromatic carbocycles. The number of aromatic nitrogens is 4. The van der Waals surface area contributed by atoms with E-state index >= 15 is 0 Å². The Balaban J connectivity index is 1.59. The van der Waals surface area contributed by atoms with Crippen LogP contribution in [0.25, 0.3) is 32.6 Å². The van der Waals surface area contributed by atoms with E-state index < -0.39 is 17.9 Å². The van der Waals surface area contributed by atoms with E-state index in [0.29, 0.717) is 33.9 Å². The maximum atomic E-state index is 14.0. The topological polar surface area (TPSA) is 73.8 Å². The van der Waals surface area contributed by atoms with E-state index in [4.69, 9.17) is 4.42 Å². The molecule has 3 heterocycles. The van der Waals surface area contributed by atoms with Crippen LogP contribution in [-0.2, 0) is 19.1 Å². The van der Waals surface area contributed by atoms with Gasteiger partial charge < -0.3 is 4.42 Å². The smallest absolute Gasteiger partial charge is 0.412 e. The first-order chi connectivity index (χ1) is 17.7. The first kappa shape index (κ1) is 24.6. The van der Waals surface area contributed by atoms with Crippen LogP contribution in [0.5, 0.6) is 0 Å². The lowest BCUT2D eigenvalue weighted by Crippen LogP contribution is -2.26. The summed E-state index contributed by atoms with van der Waals surface area (Å²) in [6.45, 7) is 1.95. The summed E-state index contributed by atoms with van der Waals surface area (Å²) >= 11 is 1.04. The van der Waals surface area contributed by atoms with Gasteiger partial charge in [-0.25, -0.2) is 9.37 Å². The normalized spacial score (nSPS) is 11.7.